The Morgan fingerprint density at radius 1 is 1.17 bits per heavy atom. The third kappa shape index (κ3) is 5.33. The maximum atomic E-state index is 15.5. The number of aromatic nitrogens is 3. The highest BCUT2D eigenvalue weighted by Gasteiger charge is 2.41. The smallest absolute Gasteiger partial charge is 0.387 e. The van der Waals surface area contributed by atoms with Crippen molar-refractivity contribution in [1.82, 2.24) is 30.3 Å². The molecule has 2 aromatic heterocycles. The monoisotopic (exact) mass is 586 g/mol. The summed E-state index contributed by atoms with van der Waals surface area (Å²) in [6, 6.07) is 12.8. The fourth-order valence-electron chi connectivity index (χ4n) is 4.79. The third-order valence-electron chi connectivity index (χ3n) is 6.73. The van der Waals surface area contributed by atoms with Gasteiger partial charge in [-0.15, -0.1) is 0 Å². The Kier molecular flexibility index (Phi) is 7.89. The highest BCUT2D eigenvalue weighted by atomic mass is 35.5. The van der Waals surface area contributed by atoms with E-state index in [0.717, 1.165) is 12.1 Å². The second-order valence-electron chi connectivity index (χ2n) is 9.18. The molecule has 13 heteroatoms. The number of hydrogen-bond acceptors (Lipinski definition) is 7. The first-order valence-corrected chi connectivity index (χ1v) is 13.2. The lowest BCUT2D eigenvalue weighted by Crippen LogP contribution is -2.33. The second-order valence-corrected chi connectivity index (χ2v) is 9.53. The summed E-state index contributed by atoms with van der Waals surface area (Å²) in [5.41, 5.74) is 2.15. The minimum atomic E-state index is -3.15. The van der Waals surface area contributed by atoms with Crippen LogP contribution in [0.1, 0.15) is 41.2 Å². The van der Waals surface area contributed by atoms with Crippen LogP contribution < -0.4 is 15.5 Å². The van der Waals surface area contributed by atoms with Crippen LogP contribution in [0.15, 0.2) is 66.5 Å². The van der Waals surface area contributed by atoms with Crippen molar-refractivity contribution in [3.63, 3.8) is 0 Å². The summed E-state index contributed by atoms with van der Waals surface area (Å²) in [4.78, 5) is 22.0. The Balaban J connectivity index is 1.65. The number of nitrogens with zero attached hydrogens (tertiary/aromatic N) is 4. The van der Waals surface area contributed by atoms with E-state index >= 15 is 4.39 Å². The Bertz CT molecular complexity index is 1630. The molecule has 0 fully saturated rings. The molecule has 9 nitrogen and oxygen atoms in total. The second kappa shape index (κ2) is 11.4. The van der Waals surface area contributed by atoms with Crippen molar-refractivity contribution in [3.8, 4) is 5.75 Å². The van der Waals surface area contributed by atoms with E-state index in [2.05, 4.69) is 25.4 Å². The summed E-state index contributed by atoms with van der Waals surface area (Å²) in [6.07, 6.45) is 1.78. The van der Waals surface area contributed by atoms with Gasteiger partial charge in [0.2, 0.25) is 0 Å². The molecular formula is C28H26ClF3N6O3. The molecule has 0 saturated carbocycles. The number of halogens is 4. The molecule has 214 valence electrons. The molecule has 41 heavy (non-hydrogen) atoms. The minimum absolute atomic E-state index is 0.00922. The van der Waals surface area contributed by atoms with Crippen molar-refractivity contribution in [2.45, 2.75) is 32.6 Å². The van der Waals surface area contributed by atoms with E-state index in [0.29, 0.717) is 24.3 Å². The van der Waals surface area contributed by atoms with Crippen molar-refractivity contribution in [1.29, 1.82) is 0 Å². The maximum absolute atomic E-state index is 15.5. The van der Waals surface area contributed by atoms with Gasteiger partial charge in [-0.05, 0) is 37.6 Å². The number of carbonyl (C=O) groups is 1. The van der Waals surface area contributed by atoms with Gasteiger partial charge < -0.3 is 24.7 Å². The van der Waals surface area contributed by atoms with Crippen LogP contribution in [0.2, 0.25) is 5.15 Å². The Labute approximate surface area is 238 Å². The minimum Gasteiger partial charge on any atom is -0.435 e. The van der Waals surface area contributed by atoms with Gasteiger partial charge in [0.25, 0.3) is 5.91 Å². The molecule has 1 aliphatic rings. The lowest BCUT2D eigenvalue weighted by molar-refractivity contribution is -0.0500. The predicted molar refractivity (Wildman–Crippen MR) is 146 cm³/mol. The number of imidazole rings is 1. The van der Waals surface area contributed by atoms with Crippen LogP contribution in [0, 0.1) is 5.82 Å². The average Bonchev–Trinajstić information content (AvgIpc) is 3.56. The molecule has 0 saturated heterocycles. The molecule has 0 bridgehead atoms. The molecule has 4 aromatic rings. The number of hydrogen-bond donors (Lipinski definition) is 3. The van der Waals surface area contributed by atoms with Gasteiger partial charge in [-0.2, -0.15) is 8.78 Å². The van der Waals surface area contributed by atoms with E-state index in [1.807, 2.05) is 11.9 Å². The Hall–Kier alpha value is -4.13. The standard InChI is InChI=1S/C28H26ClF3N6O3/c1-3-37-15-17(14-33-37)34-25(39)19-13-22-24(35-23(19)29)36-26(38(22)4-2)28(40,16-8-6-5-7-9-16)20-11-10-18(12-21(20)30)41-27(31)32/h5-13,15,27,33,40H,3-4,14H2,1-2H3,(H,34,39). The van der Waals surface area contributed by atoms with E-state index in [-0.39, 0.29) is 39.9 Å². The molecule has 0 spiro atoms. The lowest BCUT2D eigenvalue weighted by Gasteiger charge is -2.30. The average molecular weight is 587 g/mol. The van der Waals surface area contributed by atoms with E-state index in [1.165, 1.54) is 12.1 Å². The largest absolute Gasteiger partial charge is 0.435 e. The fraction of sp³-hybridized carbons (Fsp3) is 0.250. The van der Waals surface area contributed by atoms with Crippen LogP contribution in [-0.4, -0.2) is 50.3 Å². The maximum Gasteiger partial charge on any atom is 0.387 e. The van der Waals surface area contributed by atoms with Crippen LogP contribution >= 0.6 is 11.6 Å². The summed E-state index contributed by atoms with van der Waals surface area (Å²) in [7, 11) is 0. The van der Waals surface area contributed by atoms with Gasteiger partial charge in [-0.1, -0.05) is 41.9 Å². The number of hydrazine groups is 1. The molecule has 1 amide bonds. The Morgan fingerprint density at radius 3 is 2.56 bits per heavy atom. The predicted octanol–water partition coefficient (Wildman–Crippen LogP) is 4.54. The number of rotatable bonds is 9. The number of aryl methyl sites for hydroxylation is 1. The number of ether oxygens (including phenoxy) is 1. The molecule has 3 heterocycles. The van der Waals surface area contributed by atoms with Gasteiger partial charge >= 0.3 is 6.61 Å². The van der Waals surface area contributed by atoms with Crippen LogP contribution in [0.25, 0.3) is 11.2 Å². The van der Waals surface area contributed by atoms with E-state index in [4.69, 9.17) is 11.6 Å². The Morgan fingerprint density at radius 2 is 1.93 bits per heavy atom. The highest BCUT2D eigenvalue weighted by Crippen LogP contribution is 2.40. The number of benzene rings is 2. The van der Waals surface area contributed by atoms with Crippen molar-refractivity contribution < 1.29 is 27.8 Å². The normalized spacial score (nSPS) is 14.8. The zero-order valence-corrected chi connectivity index (χ0v) is 22.8. The zero-order valence-electron chi connectivity index (χ0n) is 22.0. The summed E-state index contributed by atoms with van der Waals surface area (Å²) < 4.78 is 46.9. The first kappa shape index (κ1) is 28.4. The summed E-state index contributed by atoms with van der Waals surface area (Å²) in [5, 5.41) is 16.8. The van der Waals surface area contributed by atoms with Gasteiger partial charge in [-0.3, -0.25) is 4.79 Å². The number of aliphatic hydroxyl groups is 1. The topological polar surface area (TPSA) is 105 Å². The molecule has 1 atom stereocenters. The molecule has 2 aromatic carbocycles. The highest BCUT2D eigenvalue weighted by molar-refractivity contribution is 6.33. The van der Waals surface area contributed by atoms with Crippen molar-refractivity contribution >= 4 is 28.7 Å². The number of amides is 1. The molecule has 0 radical (unpaired) electrons. The van der Waals surface area contributed by atoms with Crippen molar-refractivity contribution in [2.75, 3.05) is 13.1 Å². The van der Waals surface area contributed by atoms with E-state index in [1.54, 1.807) is 48.0 Å². The van der Waals surface area contributed by atoms with Gasteiger partial charge in [0.1, 0.15) is 16.7 Å². The van der Waals surface area contributed by atoms with Gasteiger partial charge in [-0.25, -0.2) is 19.8 Å². The third-order valence-corrected chi connectivity index (χ3v) is 7.01. The number of nitrogens with one attached hydrogen (secondary N) is 2. The summed E-state index contributed by atoms with van der Waals surface area (Å²) >= 11 is 6.41. The van der Waals surface area contributed by atoms with Crippen molar-refractivity contribution in [3.05, 3.63) is 100.0 Å². The first-order chi connectivity index (χ1) is 19.6. The summed E-state index contributed by atoms with van der Waals surface area (Å²) in [6.45, 7) is 1.99. The first-order valence-electron chi connectivity index (χ1n) is 12.8. The number of carbonyl (C=O) groups excluding carboxylic acids is 1. The van der Waals surface area contributed by atoms with Gasteiger partial charge in [0, 0.05) is 30.9 Å². The van der Waals surface area contributed by atoms with Crippen molar-refractivity contribution in [2.24, 2.45) is 0 Å². The molecule has 0 aliphatic carbocycles. The van der Waals surface area contributed by atoms with E-state index in [9.17, 15) is 18.7 Å². The van der Waals surface area contributed by atoms with Gasteiger partial charge in [0.05, 0.1) is 23.3 Å². The van der Waals surface area contributed by atoms with Gasteiger partial charge in [0.15, 0.2) is 17.1 Å². The number of alkyl halides is 2. The molecule has 5 rings (SSSR count). The number of fused-ring (bicyclic) bond motifs is 1. The van der Waals surface area contributed by atoms with Crippen LogP contribution in [0.4, 0.5) is 13.2 Å². The lowest BCUT2D eigenvalue weighted by atomic mass is 9.85. The van der Waals surface area contributed by atoms with E-state index < -0.39 is 29.7 Å². The molecule has 3 N–H and O–H groups in total. The SMILES string of the molecule is CCN1C=C(NC(=O)c2cc3c(nc2Cl)nc(C(O)(c2ccccc2)c2ccc(OC(F)F)cc2F)n3CC)CN1. The fourth-order valence-corrected chi connectivity index (χ4v) is 5.01. The van der Waals surface area contributed by atoms with Crippen LogP contribution in [0.5, 0.6) is 5.75 Å². The molecule has 1 aliphatic heterocycles. The van der Waals surface area contributed by atoms with Crippen LogP contribution in [-0.2, 0) is 12.1 Å². The van der Waals surface area contributed by atoms with Crippen LogP contribution in [0.3, 0.4) is 0 Å². The summed E-state index contributed by atoms with van der Waals surface area (Å²) in [5.74, 6) is -1.89. The number of pyridine rings is 1. The molecular weight excluding hydrogens is 561 g/mol. The zero-order chi connectivity index (χ0) is 29.3. The quantitative estimate of drug-likeness (QED) is 0.247. The molecule has 1 unspecified atom stereocenters.